The Morgan fingerprint density at radius 2 is 1.71 bits per heavy atom. The lowest BCUT2D eigenvalue weighted by Crippen LogP contribution is -2.50. The molecule has 1 saturated heterocycles. The lowest BCUT2D eigenvalue weighted by Gasteiger charge is -2.35. The van der Waals surface area contributed by atoms with E-state index in [1.54, 1.807) is 20.3 Å². The van der Waals surface area contributed by atoms with Crippen LogP contribution < -0.4 is 14.2 Å². The second kappa shape index (κ2) is 12.4. The summed E-state index contributed by atoms with van der Waals surface area (Å²) in [6.07, 6.45) is 1.73. The minimum atomic E-state index is 0.176. The van der Waals surface area contributed by atoms with Crippen molar-refractivity contribution in [2.24, 2.45) is 0 Å². The summed E-state index contributed by atoms with van der Waals surface area (Å²) in [7, 11) is 5.29. The molecule has 2 aromatic rings. The topological polar surface area (TPSA) is 54.5 Å². The van der Waals surface area contributed by atoms with Gasteiger partial charge in [-0.1, -0.05) is 24.8 Å². The molecule has 184 valence electrons. The molecule has 2 aromatic carbocycles. The summed E-state index contributed by atoms with van der Waals surface area (Å²) in [5.74, 6) is 2.50. The fourth-order valence-corrected chi connectivity index (χ4v) is 4.13. The minimum absolute atomic E-state index is 0.176. The molecule has 0 spiro atoms. The van der Waals surface area contributed by atoms with Gasteiger partial charge < -0.3 is 19.1 Å². The van der Waals surface area contributed by atoms with Gasteiger partial charge in [0, 0.05) is 39.3 Å². The van der Waals surface area contributed by atoms with E-state index < -0.39 is 0 Å². The van der Waals surface area contributed by atoms with Crippen molar-refractivity contribution in [1.29, 1.82) is 0 Å². The number of amides is 1. The van der Waals surface area contributed by atoms with Crippen molar-refractivity contribution in [3.63, 3.8) is 0 Å². The second-order valence-electron chi connectivity index (χ2n) is 8.71. The Kier molecular flexibility index (Phi) is 9.36. The van der Waals surface area contributed by atoms with Gasteiger partial charge in [0.25, 0.3) is 0 Å². The van der Waals surface area contributed by atoms with Crippen LogP contribution in [0.1, 0.15) is 16.7 Å². The maximum Gasteiger partial charge on any atom is 0.236 e. The van der Waals surface area contributed by atoms with E-state index >= 15 is 0 Å². The molecule has 0 N–H and O–H groups in total. The first-order valence-corrected chi connectivity index (χ1v) is 11.7. The van der Waals surface area contributed by atoms with Crippen LogP contribution in [0, 0.1) is 6.92 Å². The van der Waals surface area contributed by atoms with Gasteiger partial charge in [-0.2, -0.15) is 0 Å². The average molecular weight is 468 g/mol. The van der Waals surface area contributed by atoms with E-state index in [9.17, 15) is 4.79 Å². The zero-order chi connectivity index (χ0) is 24.5. The molecule has 7 heteroatoms. The van der Waals surface area contributed by atoms with Crippen molar-refractivity contribution in [3.8, 4) is 17.2 Å². The van der Waals surface area contributed by atoms with Gasteiger partial charge >= 0.3 is 0 Å². The van der Waals surface area contributed by atoms with Crippen molar-refractivity contribution >= 4 is 5.91 Å². The van der Waals surface area contributed by atoms with Crippen molar-refractivity contribution in [2.75, 3.05) is 60.6 Å². The van der Waals surface area contributed by atoms with Gasteiger partial charge in [-0.05, 0) is 54.9 Å². The van der Waals surface area contributed by atoms with Gasteiger partial charge in [0.15, 0.2) is 11.5 Å². The summed E-state index contributed by atoms with van der Waals surface area (Å²) in [5.41, 5.74) is 3.55. The third kappa shape index (κ3) is 6.98. The number of carbonyl (C=O) groups is 1. The van der Waals surface area contributed by atoms with Crippen molar-refractivity contribution < 1.29 is 19.0 Å². The number of methoxy groups -OCH3 is 2. The molecule has 0 bridgehead atoms. The number of rotatable bonds is 11. The number of aryl methyl sites for hydroxylation is 1. The van der Waals surface area contributed by atoms with Crippen LogP contribution in [0.2, 0.25) is 0 Å². The summed E-state index contributed by atoms with van der Waals surface area (Å²) >= 11 is 0. The van der Waals surface area contributed by atoms with E-state index in [0.717, 1.165) is 55.5 Å². The molecule has 3 rings (SSSR count). The minimum Gasteiger partial charge on any atom is -0.493 e. The largest absolute Gasteiger partial charge is 0.493 e. The van der Waals surface area contributed by atoms with Gasteiger partial charge in [-0.15, -0.1) is 0 Å². The van der Waals surface area contributed by atoms with Gasteiger partial charge in [-0.25, -0.2) is 0 Å². The van der Waals surface area contributed by atoms with Crippen LogP contribution in [0.3, 0.4) is 0 Å². The Labute approximate surface area is 203 Å². The lowest BCUT2D eigenvalue weighted by molar-refractivity contribution is -0.134. The number of nitrogens with zero attached hydrogens (tertiary/aromatic N) is 3. The number of benzene rings is 2. The number of hydrogen-bond acceptors (Lipinski definition) is 6. The van der Waals surface area contributed by atoms with E-state index in [0.29, 0.717) is 19.7 Å². The fraction of sp³-hybridized carbons (Fsp3) is 0.444. The number of carbonyl (C=O) groups excluding carboxylic acids is 1. The van der Waals surface area contributed by atoms with Crippen LogP contribution in [0.5, 0.6) is 17.2 Å². The molecule has 0 aromatic heterocycles. The predicted octanol–water partition coefficient (Wildman–Crippen LogP) is 3.35. The molecule has 0 unspecified atom stereocenters. The Morgan fingerprint density at radius 1 is 1.06 bits per heavy atom. The van der Waals surface area contributed by atoms with Gasteiger partial charge in [-0.3, -0.25) is 14.6 Å². The standard InChI is InChI=1S/C27H37N3O4/c1-6-15-34-24-9-7-22(8-10-24)18-28(3)20-27(31)30-13-11-29(12-14-30)19-23-17-26(33-5)25(32-4)16-21(23)2/h6-10,16-17H,1,11-15,18-20H2,2-5H3. The van der Waals surface area contributed by atoms with Crippen LogP contribution in [0.15, 0.2) is 49.1 Å². The molecule has 0 saturated carbocycles. The number of ether oxygens (including phenoxy) is 3. The highest BCUT2D eigenvalue weighted by atomic mass is 16.5. The Bertz CT molecular complexity index is 953. The van der Waals surface area contributed by atoms with Crippen LogP contribution in [0.25, 0.3) is 0 Å². The summed E-state index contributed by atoms with van der Waals surface area (Å²) < 4.78 is 16.4. The van der Waals surface area contributed by atoms with E-state index in [1.807, 2.05) is 42.3 Å². The summed E-state index contributed by atoms with van der Waals surface area (Å²) in [6.45, 7) is 11.4. The molecule has 0 atom stereocenters. The quantitative estimate of drug-likeness (QED) is 0.473. The van der Waals surface area contributed by atoms with Crippen molar-refractivity contribution in [2.45, 2.75) is 20.0 Å². The first-order chi connectivity index (χ1) is 16.4. The summed E-state index contributed by atoms with van der Waals surface area (Å²) in [4.78, 5) is 19.3. The summed E-state index contributed by atoms with van der Waals surface area (Å²) in [6, 6.07) is 12.1. The molecular formula is C27H37N3O4. The van der Waals surface area contributed by atoms with E-state index in [1.165, 1.54) is 11.1 Å². The summed E-state index contributed by atoms with van der Waals surface area (Å²) in [5, 5.41) is 0. The van der Waals surface area contributed by atoms with Crippen LogP contribution >= 0.6 is 0 Å². The molecule has 7 nitrogen and oxygen atoms in total. The van der Waals surface area contributed by atoms with Crippen LogP contribution in [-0.4, -0.2) is 81.2 Å². The van der Waals surface area contributed by atoms with Crippen molar-refractivity contribution in [3.05, 3.63) is 65.7 Å². The van der Waals surface area contributed by atoms with E-state index in [2.05, 4.69) is 29.4 Å². The Balaban J connectivity index is 1.46. The number of likely N-dealkylation sites (N-methyl/N-ethyl adjacent to an activating group) is 1. The van der Waals surface area contributed by atoms with Gasteiger partial charge in [0.1, 0.15) is 12.4 Å². The average Bonchev–Trinajstić information content (AvgIpc) is 2.84. The Morgan fingerprint density at radius 3 is 2.32 bits per heavy atom. The number of hydrogen-bond donors (Lipinski definition) is 0. The predicted molar refractivity (Wildman–Crippen MR) is 135 cm³/mol. The molecular weight excluding hydrogens is 430 g/mol. The van der Waals surface area contributed by atoms with Gasteiger partial charge in [0.2, 0.25) is 5.91 Å². The normalized spacial score (nSPS) is 14.2. The maximum atomic E-state index is 12.9. The molecule has 1 aliphatic heterocycles. The van der Waals surface area contributed by atoms with Crippen molar-refractivity contribution in [1.82, 2.24) is 14.7 Å². The highest BCUT2D eigenvalue weighted by Gasteiger charge is 2.23. The third-order valence-electron chi connectivity index (χ3n) is 6.11. The highest BCUT2D eigenvalue weighted by Crippen LogP contribution is 2.31. The SMILES string of the molecule is C=CCOc1ccc(CN(C)CC(=O)N2CCN(Cc3cc(OC)c(OC)cc3C)CC2)cc1. The molecule has 1 fully saturated rings. The molecule has 1 aliphatic rings. The second-order valence-corrected chi connectivity index (χ2v) is 8.71. The molecule has 1 amide bonds. The molecule has 0 aliphatic carbocycles. The first kappa shape index (κ1) is 25.6. The zero-order valence-corrected chi connectivity index (χ0v) is 20.9. The Hall–Kier alpha value is -3.03. The number of piperazine rings is 1. The molecule has 34 heavy (non-hydrogen) atoms. The maximum absolute atomic E-state index is 12.9. The van der Waals surface area contributed by atoms with E-state index in [-0.39, 0.29) is 5.91 Å². The lowest BCUT2D eigenvalue weighted by atomic mass is 10.1. The molecule has 0 radical (unpaired) electrons. The van der Waals surface area contributed by atoms with Gasteiger partial charge in [0.05, 0.1) is 20.8 Å². The third-order valence-corrected chi connectivity index (χ3v) is 6.11. The van der Waals surface area contributed by atoms with Crippen LogP contribution in [-0.2, 0) is 17.9 Å². The fourth-order valence-electron chi connectivity index (χ4n) is 4.13. The smallest absolute Gasteiger partial charge is 0.236 e. The first-order valence-electron chi connectivity index (χ1n) is 11.7. The van der Waals surface area contributed by atoms with Crippen LogP contribution in [0.4, 0.5) is 0 Å². The highest BCUT2D eigenvalue weighted by molar-refractivity contribution is 5.78. The van der Waals surface area contributed by atoms with E-state index in [4.69, 9.17) is 14.2 Å². The zero-order valence-electron chi connectivity index (χ0n) is 20.9. The monoisotopic (exact) mass is 467 g/mol. The molecule has 1 heterocycles.